The number of benzene rings is 2. The number of fused-ring (bicyclic) bond motifs is 1. The van der Waals surface area contributed by atoms with Gasteiger partial charge in [-0.05, 0) is 62.3 Å². The molecule has 0 atom stereocenters. The van der Waals surface area contributed by atoms with Gasteiger partial charge in [0.25, 0.3) is 5.69 Å². The van der Waals surface area contributed by atoms with Crippen molar-refractivity contribution in [3.05, 3.63) is 58.1 Å². The fourth-order valence-corrected chi connectivity index (χ4v) is 4.46. The van der Waals surface area contributed by atoms with Crippen LogP contribution in [0.3, 0.4) is 0 Å². The van der Waals surface area contributed by atoms with Crippen LogP contribution in [0.1, 0.15) is 31.2 Å². The number of aromatic nitrogens is 2. The highest BCUT2D eigenvalue weighted by Gasteiger charge is 2.23. The van der Waals surface area contributed by atoms with E-state index in [9.17, 15) is 14.9 Å². The molecule has 10 heteroatoms. The van der Waals surface area contributed by atoms with Crippen LogP contribution in [0.5, 0.6) is 0 Å². The number of carbonyl (C=O) groups is 1. The largest absolute Gasteiger partial charge is 0.362 e. The quantitative estimate of drug-likeness (QED) is 0.332. The topological polar surface area (TPSA) is 125 Å². The van der Waals surface area contributed by atoms with Gasteiger partial charge in [-0.1, -0.05) is 18.2 Å². The molecule has 3 aromatic rings. The Morgan fingerprint density at radius 2 is 1.86 bits per heavy atom. The zero-order valence-electron chi connectivity index (χ0n) is 20.2. The summed E-state index contributed by atoms with van der Waals surface area (Å²) < 4.78 is 0. The Labute approximate surface area is 204 Å². The number of amides is 2. The number of hydrogen-bond donors (Lipinski definition) is 3. The Balaban J connectivity index is 1.28. The number of para-hydroxylation sites is 1. The minimum atomic E-state index is -0.488. The third kappa shape index (κ3) is 5.95. The van der Waals surface area contributed by atoms with E-state index in [1.54, 1.807) is 19.1 Å². The molecule has 1 aromatic heterocycles. The number of nitro benzene ring substituents is 1. The molecule has 0 bridgehead atoms. The van der Waals surface area contributed by atoms with Gasteiger partial charge in [0.1, 0.15) is 11.5 Å². The zero-order valence-corrected chi connectivity index (χ0v) is 20.2. The lowest BCUT2D eigenvalue weighted by Crippen LogP contribution is -2.36. The molecule has 0 aliphatic heterocycles. The lowest BCUT2D eigenvalue weighted by molar-refractivity contribution is -0.384. The van der Waals surface area contributed by atoms with E-state index < -0.39 is 11.0 Å². The molecular formula is C25H31N7O3. The van der Waals surface area contributed by atoms with Crippen LogP contribution in [0.2, 0.25) is 0 Å². The van der Waals surface area contributed by atoms with Gasteiger partial charge in [0.05, 0.1) is 10.4 Å². The Morgan fingerprint density at radius 1 is 1.11 bits per heavy atom. The first-order chi connectivity index (χ1) is 16.8. The maximum absolute atomic E-state index is 12.3. The van der Waals surface area contributed by atoms with E-state index in [2.05, 4.69) is 16.0 Å². The van der Waals surface area contributed by atoms with Crippen LogP contribution >= 0.6 is 0 Å². The lowest BCUT2D eigenvalue weighted by atomic mass is 9.86. The molecule has 3 N–H and O–H groups in total. The van der Waals surface area contributed by atoms with Crippen molar-refractivity contribution in [1.82, 2.24) is 15.3 Å². The van der Waals surface area contributed by atoms with Gasteiger partial charge in [-0.3, -0.25) is 10.1 Å². The number of carbonyl (C=O) groups excluding carboxylic acids is 1. The van der Waals surface area contributed by atoms with E-state index >= 15 is 0 Å². The van der Waals surface area contributed by atoms with Crippen LogP contribution in [0.25, 0.3) is 10.9 Å². The van der Waals surface area contributed by atoms with Gasteiger partial charge in [0, 0.05) is 38.1 Å². The third-order valence-electron chi connectivity index (χ3n) is 6.34. The highest BCUT2D eigenvalue weighted by molar-refractivity contribution is 5.92. The Morgan fingerprint density at radius 3 is 2.57 bits per heavy atom. The summed E-state index contributed by atoms with van der Waals surface area (Å²) in [5.41, 5.74) is 1.75. The number of rotatable bonds is 7. The number of nitrogens with one attached hydrogen (secondary N) is 3. The maximum Gasteiger partial charge on any atom is 0.319 e. The second kappa shape index (κ2) is 10.5. The maximum atomic E-state index is 12.3. The molecule has 1 saturated carbocycles. The van der Waals surface area contributed by atoms with Crippen molar-refractivity contribution in [2.24, 2.45) is 5.92 Å². The minimum Gasteiger partial charge on any atom is -0.362 e. The average Bonchev–Trinajstić information content (AvgIpc) is 2.84. The molecule has 0 unspecified atom stereocenters. The minimum absolute atomic E-state index is 0.111. The van der Waals surface area contributed by atoms with Crippen LogP contribution in [0, 0.1) is 23.0 Å². The van der Waals surface area contributed by atoms with Crippen molar-refractivity contribution in [2.45, 2.75) is 38.6 Å². The first-order valence-electron chi connectivity index (χ1n) is 11.8. The Kier molecular flexibility index (Phi) is 7.28. The normalized spacial score (nSPS) is 17.6. The van der Waals surface area contributed by atoms with Crippen molar-refractivity contribution in [1.29, 1.82) is 0 Å². The average molecular weight is 478 g/mol. The van der Waals surface area contributed by atoms with Crippen LogP contribution in [-0.4, -0.2) is 47.6 Å². The number of nitrogens with zero attached hydrogens (tertiary/aromatic N) is 4. The number of anilines is 3. The predicted molar refractivity (Wildman–Crippen MR) is 138 cm³/mol. The summed E-state index contributed by atoms with van der Waals surface area (Å²) in [7, 11) is 3.95. The van der Waals surface area contributed by atoms with Gasteiger partial charge in [-0.25, -0.2) is 9.78 Å². The summed E-state index contributed by atoms with van der Waals surface area (Å²) >= 11 is 0. The molecule has 0 spiro atoms. The van der Waals surface area contributed by atoms with E-state index in [4.69, 9.17) is 9.97 Å². The van der Waals surface area contributed by atoms with Gasteiger partial charge in [0.15, 0.2) is 0 Å². The molecular weight excluding hydrogens is 446 g/mol. The second-order valence-electron chi connectivity index (χ2n) is 9.26. The summed E-state index contributed by atoms with van der Waals surface area (Å²) in [6.07, 6.45) is 3.81. The first kappa shape index (κ1) is 24.2. The van der Waals surface area contributed by atoms with E-state index in [1.807, 2.05) is 43.3 Å². The van der Waals surface area contributed by atoms with E-state index in [1.165, 1.54) is 6.07 Å². The Bertz CT molecular complexity index is 1220. The van der Waals surface area contributed by atoms with E-state index in [0.29, 0.717) is 18.4 Å². The highest BCUT2D eigenvalue weighted by Crippen LogP contribution is 2.29. The Hall–Kier alpha value is -3.95. The summed E-state index contributed by atoms with van der Waals surface area (Å²) in [5, 5.41) is 21.2. The standard InChI is InChI=1S/C25H31N7O3/c1-16-8-13-21(22(14-16)32(34)35)29-25(33)26-15-17-9-11-18(12-10-17)27-24-28-20-7-5-4-6-19(20)23(30-24)31(2)3/h4-8,13-14,17-18H,9-12,15H2,1-3H3,(H2,26,29,33)(H,27,28,30)/t17-,18+. The molecule has 1 aliphatic rings. The molecule has 4 rings (SSSR count). The van der Waals surface area contributed by atoms with Crippen molar-refractivity contribution in [2.75, 3.05) is 36.2 Å². The lowest BCUT2D eigenvalue weighted by Gasteiger charge is -2.29. The fourth-order valence-electron chi connectivity index (χ4n) is 4.46. The monoisotopic (exact) mass is 477 g/mol. The fraction of sp³-hybridized carbons (Fsp3) is 0.400. The van der Waals surface area contributed by atoms with Gasteiger partial charge in [0.2, 0.25) is 5.95 Å². The van der Waals surface area contributed by atoms with Gasteiger partial charge < -0.3 is 20.9 Å². The molecule has 0 saturated heterocycles. The summed E-state index contributed by atoms with van der Waals surface area (Å²) in [6.45, 7) is 2.30. The van der Waals surface area contributed by atoms with Crippen molar-refractivity contribution < 1.29 is 9.72 Å². The number of nitro groups is 1. The van der Waals surface area contributed by atoms with Crippen LogP contribution in [0.15, 0.2) is 42.5 Å². The van der Waals surface area contributed by atoms with Crippen molar-refractivity contribution in [3.8, 4) is 0 Å². The zero-order chi connectivity index (χ0) is 24.9. The van der Waals surface area contributed by atoms with Crippen molar-refractivity contribution in [3.63, 3.8) is 0 Å². The van der Waals surface area contributed by atoms with E-state index in [-0.39, 0.29) is 17.4 Å². The molecule has 1 heterocycles. The first-order valence-corrected chi connectivity index (χ1v) is 11.8. The summed E-state index contributed by atoms with van der Waals surface area (Å²) in [4.78, 5) is 34.5. The summed E-state index contributed by atoms with van der Waals surface area (Å²) in [5.74, 6) is 1.87. The molecule has 1 aliphatic carbocycles. The molecule has 2 amide bonds. The molecule has 184 valence electrons. The van der Waals surface area contributed by atoms with Crippen LogP contribution in [-0.2, 0) is 0 Å². The SMILES string of the molecule is Cc1ccc(NC(=O)NC[C@H]2CC[C@@H](Nc3nc(N(C)C)c4ccccc4n3)CC2)c([N+](=O)[O-])c1. The molecule has 0 radical (unpaired) electrons. The molecule has 35 heavy (non-hydrogen) atoms. The number of hydrogen-bond acceptors (Lipinski definition) is 7. The van der Waals surface area contributed by atoms with Crippen LogP contribution in [0.4, 0.5) is 27.9 Å². The van der Waals surface area contributed by atoms with Crippen molar-refractivity contribution >= 4 is 40.1 Å². The van der Waals surface area contributed by atoms with Gasteiger partial charge in [-0.15, -0.1) is 0 Å². The molecule has 1 fully saturated rings. The number of urea groups is 1. The van der Waals surface area contributed by atoms with Gasteiger partial charge >= 0.3 is 6.03 Å². The second-order valence-corrected chi connectivity index (χ2v) is 9.26. The smallest absolute Gasteiger partial charge is 0.319 e. The predicted octanol–water partition coefficient (Wildman–Crippen LogP) is 4.70. The number of aryl methyl sites for hydroxylation is 1. The highest BCUT2D eigenvalue weighted by atomic mass is 16.6. The van der Waals surface area contributed by atoms with E-state index in [0.717, 1.165) is 48.0 Å². The molecule has 10 nitrogen and oxygen atoms in total. The summed E-state index contributed by atoms with van der Waals surface area (Å²) in [6, 6.07) is 12.6. The van der Waals surface area contributed by atoms with Crippen LogP contribution < -0.4 is 20.9 Å². The molecule has 2 aromatic carbocycles. The third-order valence-corrected chi connectivity index (χ3v) is 6.34. The van der Waals surface area contributed by atoms with Gasteiger partial charge in [-0.2, -0.15) is 4.98 Å².